The number of rotatable bonds is 7. The molecule has 3 N–H and O–H groups in total. The van der Waals surface area contributed by atoms with Gasteiger partial charge in [-0.3, -0.25) is 5.41 Å². The molecule has 0 atom stereocenters. The molecule has 0 radical (unpaired) electrons. The number of benzene rings is 1. The molecular formula is C12H17ClN2O3S. The van der Waals surface area contributed by atoms with E-state index in [2.05, 4.69) is 0 Å². The Balaban J connectivity index is 2.60. The van der Waals surface area contributed by atoms with E-state index in [1.165, 1.54) is 6.07 Å². The lowest BCUT2D eigenvalue weighted by atomic mass is 10.2. The highest BCUT2D eigenvalue weighted by molar-refractivity contribution is 7.91. The number of ether oxygens (including phenoxy) is 1. The van der Waals surface area contributed by atoms with Gasteiger partial charge in [0.2, 0.25) is 0 Å². The standard InChI is InChI=1S/C12H17ClN2O3S/c1-2-6-19(16,17)7-5-18-9-3-4-10(12(14)15)11(13)8-9/h3-4,8H,2,5-7H2,1H3,(H3,14,15). The summed E-state index contributed by atoms with van der Waals surface area (Å²) in [6, 6.07) is 4.69. The molecular weight excluding hydrogens is 288 g/mol. The van der Waals surface area contributed by atoms with Crippen molar-refractivity contribution in [2.75, 3.05) is 18.1 Å². The Morgan fingerprint density at radius 3 is 2.63 bits per heavy atom. The molecule has 0 heterocycles. The van der Waals surface area contributed by atoms with Crippen LogP contribution in [0, 0.1) is 5.41 Å². The Labute approximate surface area is 118 Å². The maximum Gasteiger partial charge on any atom is 0.153 e. The fourth-order valence-electron chi connectivity index (χ4n) is 1.50. The second kappa shape index (κ2) is 6.77. The van der Waals surface area contributed by atoms with Crippen LogP contribution in [0.3, 0.4) is 0 Å². The van der Waals surface area contributed by atoms with Crippen LogP contribution in [-0.4, -0.2) is 32.4 Å². The van der Waals surface area contributed by atoms with Gasteiger partial charge in [-0.15, -0.1) is 0 Å². The number of hydrogen-bond donors (Lipinski definition) is 2. The molecule has 0 saturated heterocycles. The fraction of sp³-hybridized carbons (Fsp3) is 0.417. The first-order chi connectivity index (χ1) is 8.85. The molecule has 0 spiro atoms. The summed E-state index contributed by atoms with van der Waals surface area (Å²) < 4.78 is 28.3. The van der Waals surface area contributed by atoms with Crippen molar-refractivity contribution in [1.29, 1.82) is 5.41 Å². The minimum Gasteiger partial charge on any atom is -0.492 e. The van der Waals surface area contributed by atoms with Gasteiger partial charge < -0.3 is 10.5 Å². The maximum atomic E-state index is 11.5. The highest BCUT2D eigenvalue weighted by Crippen LogP contribution is 2.22. The van der Waals surface area contributed by atoms with Crippen molar-refractivity contribution in [2.45, 2.75) is 13.3 Å². The van der Waals surface area contributed by atoms with Crippen LogP contribution in [-0.2, 0) is 9.84 Å². The number of sulfone groups is 1. The summed E-state index contributed by atoms with van der Waals surface area (Å²) in [4.78, 5) is 0. The Morgan fingerprint density at radius 1 is 1.42 bits per heavy atom. The summed E-state index contributed by atoms with van der Waals surface area (Å²) in [5.41, 5.74) is 5.76. The van der Waals surface area contributed by atoms with Gasteiger partial charge in [-0.25, -0.2) is 8.42 Å². The van der Waals surface area contributed by atoms with Crippen LogP contribution in [0.25, 0.3) is 0 Å². The zero-order valence-electron chi connectivity index (χ0n) is 10.6. The van der Waals surface area contributed by atoms with E-state index < -0.39 is 9.84 Å². The average Bonchev–Trinajstić information content (AvgIpc) is 2.28. The molecule has 0 amide bonds. The first-order valence-corrected chi connectivity index (χ1v) is 8.03. The zero-order valence-corrected chi connectivity index (χ0v) is 12.2. The molecule has 5 nitrogen and oxygen atoms in total. The van der Waals surface area contributed by atoms with Crippen LogP contribution in [0.5, 0.6) is 5.75 Å². The Bertz CT molecular complexity index is 558. The van der Waals surface area contributed by atoms with E-state index in [0.717, 1.165) is 0 Å². The van der Waals surface area contributed by atoms with Crippen LogP contribution >= 0.6 is 11.6 Å². The third-order valence-electron chi connectivity index (χ3n) is 2.41. The van der Waals surface area contributed by atoms with Crippen LogP contribution in [0.4, 0.5) is 0 Å². The highest BCUT2D eigenvalue weighted by Gasteiger charge is 2.10. The molecule has 1 rings (SSSR count). The summed E-state index contributed by atoms with van der Waals surface area (Å²) in [5, 5.41) is 7.59. The van der Waals surface area contributed by atoms with Crippen molar-refractivity contribution in [1.82, 2.24) is 0 Å². The highest BCUT2D eigenvalue weighted by atomic mass is 35.5. The molecule has 0 bridgehead atoms. The molecule has 0 aliphatic heterocycles. The molecule has 0 aromatic heterocycles. The topological polar surface area (TPSA) is 93.2 Å². The van der Waals surface area contributed by atoms with Crippen molar-refractivity contribution in [3.63, 3.8) is 0 Å². The summed E-state index contributed by atoms with van der Waals surface area (Å²) in [6.45, 7) is 1.90. The Morgan fingerprint density at radius 2 is 2.11 bits per heavy atom. The maximum absolute atomic E-state index is 11.5. The number of hydrogen-bond acceptors (Lipinski definition) is 4. The summed E-state index contributed by atoms with van der Waals surface area (Å²) in [6.07, 6.45) is 0.599. The zero-order chi connectivity index (χ0) is 14.5. The van der Waals surface area contributed by atoms with Gasteiger partial charge in [0.1, 0.15) is 18.2 Å². The number of nitrogens with one attached hydrogen (secondary N) is 1. The minimum absolute atomic E-state index is 0.0209. The first kappa shape index (κ1) is 15.8. The summed E-state index contributed by atoms with van der Waals surface area (Å²) >= 11 is 5.92. The smallest absolute Gasteiger partial charge is 0.153 e. The second-order valence-corrected chi connectivity index (χ2v) is 6.77. The van der Waals surface area contributed by atoms with Gasteiger partial charge in [0, 0.05) is 5.56 Å². The molecule has 0 saturated carbocycles. The van der Waals surface area contributed by atoms with E-state index >= 15 is 0 Å². The van der Waals surface area contributed by atoms with E-state index in [1.807, 2.05) is 6.92 Å². The molecule has 1 aromatic carbocycles. The lowest BCUT2D eigenvalue weighted by Gasteiger charge is -2.08. The number of amidine groups is 1. The molecule has 106 valence electrons. The fourth-order valence-corrected chi connectivity index (χ4v) is 2.94. The van der Waals surface area contributed by atoms with Crippen LogP contribution in [0.15, 0.2) is 18.2 Å². The van der Waals surface area contributed by atoms with E-state index in [-0.39, 0.29) is 23.9 Å². The molecule has 0 aliphatic rings. The lowest BCUT2D eigenvalue weighted by Crippen LogP contribution is -2.17. The molecule has 0 fully saturated rings. The van der Waals surface area contributed by atoms with E-state index in [4.69, 9.17) is 27.5 Å². The number of nitrogen functional groups attached to an aromatic ring is 1. The van der Waals surface area contributed by atoms with E-state index in [1.54, 1.807) is 12.1 Å². The molecule has 1 aromatic rings. The summed E-state index contributed by atoms with van der Waals surface area (Å²) in [5.74, 6) is 0.483. The van der Waals surface area contributed by atoms with Crippen LogP contribution in [0.2, 0.25) is 5.02 Å². The van der Waals surface area contributed by atoms with Gasteiger partial charge in [-0.2, -0.15) is 0 Å². The van der Waals surface area contributed by atoms with Crippen molar-refractivity contribution < 1.29 is 13.2 Å². The average molecular weight is 305 g/mol. The van der Waals surface area contributed by atoms with Crippen LogP contribution < -0.4 is 10.5 Å². The normalized spacial score (nSPS) is 11.3. The SMILES string of the molecule is CCCS(=O)(=O)CCOc1ccc(C(=N)N)c(Cl)c1. The molecule has 0 aliphatic carbocycles. The van der Waals surface area contributed by atoms with Crippen molar-refractivity contribution >= 4 is 27.3 Å². The quantitative estimate of drug-likeness (QED) is 0.593. The van der Waals surface area contributed by atoms with Crippen molar-refractivity contribution in [3.8, 4) is 5.75 Å². The minimum atomic E-state index is -3.05. The third-order valence-corrected chi connectivity index (χ3v) is 4.54. The molecule has 0 unspecified atom stereocenters. The van der Waals surface area contributed by atoms with Gasteiger partial charge in [0.05, 0.1) is 16.5 Å². The Hall–Kier alpha value is -1.27. The first-order valence-electron chi connectivity index (χ1n) is 5.83. The monoisotopic (exact) mass is 304 g/mol. The second-order valence-electron chi connectivity index (χ2n) is 4.06. The molecule has 7 heteroatoms. The van der Waals surface area contributed by atoms with Gasteiger partial charge in [0.25, 0.3) is 0 Å². The largest absolute Gasteiger partial charge is 0.492 e. The van der Waals surface area contributed by atoms with Gasteiger partial charge in [-0.05, 0) is 24.6 Å². The van der Waals surface area contributed by atoms with Gasteiger partial charge in [-0.1, -0.05) is 18.5 Å². The predicted molar refractivity (Wildman–Crippen MR) is 76.9 cm³/mol. The Kier molecular flexibility index (Phi) is 5.62. The van der Waals surface area contributed by atoms with Gasteiger partial charge >= 0.3 is 0 Å². The molecule has 19 heavy (non-hydrogen) atoms. The van der Waals surface area contributed by atoms with Crippen LogP contribution in [0.1, 0.15) is 18.9 Å². The summed E-state index contributed by atoms with van der Waals surface area (Å²) in [7, 11) is -3.05. The number of halogens is 1. The van der Waals surface area contributed by atoms with Crippen molar-refractivity contribution in [3.05, 3.63) is 28.8 Å². The van der Waals surface area contributed by atoms with Gasteiger partial charge in [0.15, 0.2) is 9.84 Å². The van der Waals surface area contributed by atoms with E-state index in [0.29, 0.717) is 22.8 Å². The van der Waals surface area contributed by atoms with E-state index in [9.17, 15) is 8.42 Å². The number of nitrogens with two attached hydrogens (primary N) is 1. The predicted octanol–water partition coefficient (Wildman–Crippen LogP) is 1.83. The third kappa shape index (κ3) is 5.08. The van der Waals surface area contributed by atoms with Crippen molar-refractivity contribution in [2.24, 2.45) is 5.73 Å². The lowest BCUT2D eigenvalue weighted by molar-refractivity contribution is 0.341.